The maximum Gasteiger partial charge on any atom is 0.222 e. The molecule has 26 heavy (non-hydrogen) atoms. The molecule has 0 radical (unpaired) electrons. The minimum atomic E-state index is -0.0854. The summed E-state index contributed by atoms with van der Waals surface area (Å²) in [4.78, 5) is 14.7. The number of nitrogens with zero attached hydrogens (tertiary/aromatic N) is 1. The van der Waals surface area contributed by atoms with Gasteiger partial charge in [0.15, 0.2) is 0 Å². The van der Waals surface area contributed by atoms with Crippen LogP contribution >= 0.6 is 0 Å². The van der Waals surface area contributed by atoms with E-state index in [4.69, 9.17) is 5.73 Å². The smallest absolute Gasteiger partial charge is 0.222 e. The van der Waals surface area contributed by atoms with Gasteiger partial charge < -0.3 is 5.73 Å². The highest BCUT2D eigenvalue weighted by molar-refractivity contribution is 5.77. The third-order valence-corrected chi connectivity index (χ3v) is 5.68. The van der Waals surface area contributed by atoms with Crippen molar-refractivity contribution in [3.05, 3.63) is 0 Å². The summed E-state index contributed by atoms with van der Waals surface area (Å²) in [5.74, 6) is -0.0633. The van der Waals surface area contributed by atoms with E-state index < -0.39 is 0 Å². The van der Waals surface area contributed by atoms with Gasteiger partial charge in [0.25, 0.3) is 0 Å². The second-order valence-corrected chi connectivity index (χ2v) is 7.99. The van der Waals surface area contributed by atoms with Gasteiger partial charge in [0.1, 0.15) is 0 Å². The molecule has 2 unspecified atom stereocenters. The lowest BCUT2D eigenvalue weighted by molar-refractivity contribution is -0.124. The molecule has 0 saturated heterocycles. The van der Waals surface area contributed by atoms with Crippen molar-refractivity contribution >= 4 is 5.91 Å². The Bertz CT molecular complexity index is 311. The number of rotatable bonds is 19. The van der Waals surface area contributed by atoms with Crippen molar-refractivity contribution in [1.29, 1.82) is 0 Å². The zero-order valence-corrected chi connectivity index (χ0v) is 18.4. The number of hydrogen-bond acceptors (Lipinski definition) is 2. The topological polar surface area (TPSA) is 46.3 Å². The van der Waals surface area contributed by atoms with Crippen molar-refractivity contribution in [2.75, 3.05) is 13.1 Å². The molecule has 0 rings (SSSR count). The minimum absolute atomic E-state index is 0.0220. The van der Waals surface area contributed by atoms with Gasteiger partial charge in [-0.1, -0.05) is 91.9 Å². The van der Waals surface area contributed by atoms with Crippen LogP contribution in [0, 0.1) is 5.92 Å². The molecule has 0 heterocycles. The third-order valence-electron chi connectivity index (χ3n) is 5.68. The fourth-order valence-electron chi connectivity index (χ4n) is 3.99. The Morgan fingerprint density at radius 3 is 1.62 bits per heavy atom. The van der Waals surface area contributed by atoms with Crippen LogP contribution < -0.4 is 5.73 Å². The molecule has 0 aliphatic heterocycles. The number of hydrogen-bond donors (Lipinski definition) is 1. The number of amides is 1. The first-order valence-corrected chi connectivity index (χ1v) is 11.7. The van der Waals surface area contributed by atoms with Crippen molar-refractivity contribution in [3.8, 4) is 0 Å². The molecule has 0 aromatic heterocycles. The Kier molecular flexibility index (Phi) is 17.4. The van der Waals surface area contributed by atoms with Gasteiger partial charge in [-0.15, -0.1) is 0 Å². The molecule has 0 aliphatic carbocycles. The third kappa shape index (κ3) is 11.9. The highest BCUT2D eigenvalue weighted by Gasteiger charge is 2.29. The normalized spacial score (nSPS) is 13.9. The molecule has 0 spiro atoms. The SMILES string of the molecule is CCCCCCCCCCC(C(N)=O)C(CC)N(CCCC)CCCC. The van der Waals surface area contributed by atoms with E-state index >= 15 is 0 Å². The number of unbranched alkanes of at least 4 members (excludes halogenated alkanes) is 9. The maximum absolute atomic E-state index is 12.2. The average Bonchev–Trinajstić information content (AvgIpc) is 2.63. The van der Waals surface area contributed by atoms with Crippen LogP contribution in [0.15, 0.2) is 0 Å². The molecule has 0 bridgehead atoms. The van der Waals surface area contributed by atoms with Gasteiger partial charge in [-0.3, -0.25) is 9.69 Å². The van der Waals surface area contributed by atoms with Crippen molar-refractivity contribution in [2.45, 2.75) is 124 Å². The van der Waals surface area contributed by atoms with Crippen LogP contribution in [0.5, 0.6) is 0 Å². The van der Waals surface area contributed by atoms with Crippen LogP contribution in [0.4, 0.5) is 0 Å². The first-order chi connectivity index (χ1) is 12.6. The van der Waals surface area contributed by atoms with Crippen molar-refractivity contribution in [2.24, 2.45) is 11.7 Å². The van der Waals surface area contributed by atoms with E-state index in [9.17, 15) is 4.79 Å². The fraction of sp³-hybridized carbons (Fsp3) is 0.957. The summed E-state index contributed by atoms with van der Waals surface area (Å²) < 4.78 is 0. The number of carbonyl (C=O) groups excluding carboxylic acids is 1. The van der Waals surface area contributed by atoms with E-state index in [-0.39, 0.29) is 11.8 Å². The molecule has 2 N–H and O–H groups in total. The molecule has 0 fully saturated rings. The summed E-state index contributed by atoms with van der Waals surface area (Å²) in [5, 5.41) is 0. The van der Waals surface area contributed by atoms with Gasteiger partial charge in [-0.25, -0.2) is 0 Å². The highest BCUT2D eigenvalue weighted by atomic mass is 16.1. The molecule has 0 saturated carbocycles. The van der Waals surface area contributed by atoms with E-state index in [0.717, 1.165) is 32.4 Å². The summed E-state index contributed by atoms with van der Waals surface area (Å²) in [5.41, 5.74) is 5.84. The van der Waals surface area contributed by atoms with Gasteiger partial charge in [0, 0.05) is 6.04 Å². The van der Waals surface area contributed by atoms with Crippen LogP contribution in [-0.4, -0.2) is 29.9 Å². The molecule has 1 amide bonds. The molecule has 0 aromatic carbocycles. The second kappa shape index (κ2) is 17.8. The van der Waals surface area contributed by atoms with Crippen LogP contribution in [0.1, 0.15) is 118 Å². The summed E-state index contributed by atoms with van der Waals surface area (Å²) >= 11 is 0. The molecule has 0 aromatic rings. The Morgan fingerprint density at radius 1 is 0.731 bits per heavy atom. The fourth-order valence-corrected chi connectivity index (χ4v) is 3.99. The standard InChI is InChI=1S/C23H48N2O/c1-5-9-12-13-14-15-16-17-18-21(23(24)26)22(8-4)25(19-10-6-2)20-11-7-3/h21-22H,5-20H2,1-4H3,(H2,24,26). The predicted molar refractivity (Wildman–Crippen MR) is 115 cm³/mol. The number of primary amides is 1. The lowest BCUT2D eigenvalue weighted by atomic mass is 9.89. The zero-order valence-electron chi connectivity index (χ0n) is 18.4. The maximum atomic E-state index is 12.2. The first kappa shape index (κ1) is 25.4. The van der Waals surface area contributed by atoms with Crippen molar-refractivity contribution < 1.29 is 4.79 Å². The molecular weight excluding hydrogens is 320 g/mol. The van der Waals surface area contributed by atoms with Gasteiger partial charge in [-0.05, 0) is 38.8 Å². The second-order valence-electron chi connectivity index (χ2n) is 7.99. The summed E-state index contributed by atoms with van der Waals surface area (Å²) in [6, 6.07) is 0.329. The Labute approximate surface area is 164 Å². The Hall–Kier alpha value is -0.570. The van der Waals surface area contributed by atoms with E-state index in [0.29, 0.717) is 6.04 Å². The Morgan fingerprint density at radius 2 is 1.19 bits per heavy atom. The number of nitrogens with two attached hydrogens (primary N) is 1. The van der Waals surface area contributed by atoms with Crippen LogP contribution in [0.25, 0.3) is 0 Å². The molecule has 3 heteroatoms. The lowest BCUT2D eigenvalue weighted by Gasteiger charge is -2.35. The molecule has 0 aliphatic rings. The van der Waals surface area contributed by atoms with Crippen LogP contribution in [-0.2, 0) is 4.79 Å². The average molecular weight is 369 g/mol. The van der Waals surface area contributed by atoms with Crippen LogP contribution in [0.2, 0.25) is 0 Å². The summed E-state index contributed by atoms with van der Waals surface area (Å²) in [6.07, 6.45) is 17.3. The highest BCUT2D eigenvalue weighted by Crippen LogP contribution is 2.23. The molecule has 3 nitrogen and oxygen atoms in total. The molecule has 2 atom stereocenters. The van der Waals surface area contributed by atoms with E-state index in [1.807, 2.05) is 0 Å². The summed E-state index contributed by atoms with van der Waals surface area (Å²) in [6.45, 7) is 11.2. The van der Waals surface area contributed by atoms with Gasteiger partial charge in [0.05, 0.1) is 5.92 Å². The lowest BCUT2D eigenvalue weighted by Crippen LogP contribution is -2.46. The summed E-state index contributed by atoms with van der Waals surface area (Å²) in [7, 11) is 0. The first-order valence-electron chi connectivity index (χ1n) is 11.7. The van der Waals surface area contributed by atoms with Gasteiger partial charge >= 0.3 is 0 Å². The largest absolute Gasteiger partial charge is 0.369 e. The van der Waals surface area contributed by atoms with Crippen molar-refractivity contribution in [1.82, 2.24) is 4.90 Å². The molecular formula is C23H48N2O. The van der Waals surface area contributed by atoms with E-state index in [2.05, 4.69) is 32.6 Å². The predicted octanol–water partition coefficient (Wildman–Crippen LogP) is 6.30. The quantitative estimate of drug-likeness (QED) is 0.272. The van der Waals surface area contributed by atoms with Crippen molar-refractivity contribution in [3.63, 3.8) is 0 Å². The number of carbonyl (C=O) groups is 1. The monoisotopic (exact) mass is 368 g/mol. The van der Waals surface area contributed by atoms with Gasteiger partial charge in [0.2, 0.25) is 5.91 Å². The van der Waals surface area contributed by atoms with Gasteiger partial charge in [-0.2, -0.15) is 0 Å². The van der Waals surface area contributed by atoms with E-state index in [1.54, 1.807) is 0 Å². The zero-order chi connectivity index (χ0) is 19.6. The Balaban J connectivity index is 4.46. The molecule has 156 valence electrons. The minimum Gasteiger partial charge on any atom is -0.369 e. The van der Waals surface area contributed by atoms with Crippen LogP contribution in [0.3, 0.4) is 0 Å². The van der Waals surface area contributed by atoms with E-state index in [1.165, 1.54) is 70.6 Å².